The number of oxazole rings is 1. The van der Waals surface area contributed by atoms with Crippen LogP contribution in [-0.4, -0.2) is 67.3 Å². The zero-order valence-corrected chi connectivity index (χ0v) is 23.0. The Kier molecular flexibility index (Phi) is 7.88. The second kappa shape index (κ2) is 11.7. The lowest BCUT2D eigenvalue weighted by Gasteiger charge is -2.21. The molecule has 5 rings (SSSR count). The highest BCUT2D eigenvalue weighted by molar-refractivity contribution is 6.09. The van der Waals surface area contributed by atoms with Crippen molar-refractivity contribution in [3.63, 3.8) is 0 Å². The molecule has 4 aromatic rings. The Morgan fingerprint density at radius 3 is 2.76 bits per heavy atom. The third kappa shape index (κ3) is 5.31. The fraction of sp³-hybridized carbons (Fsp3) is 0.267. The van der Waals surface area contributed by atoms with Gasteiger partial charge in [0, 0.05) is 73.8 Å². The number of rotatable bonds is 10. The Morgan fingerprint density at radius 1 is 1.22 bits per heavy atom. The molecule has 1 atom stereocenters. The van der Waals surface area contributed by atoms with Crippen molar-refractivity contribution in [3.05, 3.63) is 76.2 Å². The Balaban J connectivity index is 1.64. The molecule has 11 heteroatoms. The molecule has 3 N–H and O–H groups in total. The standard InChI is InChI=1S/C30H31N5O6/c1-32-15-19(14-31)22-8-6-18(11-27(22)40-3)25-13-26(36)23(29(37)38)16-35(25)20-7-9-24-28(12-20)41-30(33-24)34-10-4-5-21(34)17-39-2/h6-9,11-16,21,31-32H,4-5,10,17H2,1-3H3,(H,37,38)/b19-15+,31-14?. The maximum Gasteiger partial charge on any atom is 0.341 e. The summed E-state index contributed by atoms with van der Waals surface area (Å²) in [7, 11) is 4.94. The van der Waals surface area contributed by atoms with E-state index in [1.165, 1.54) is 25.6 Å². The van der Waals surface area contributed by atoms with Gasteiger partial charge in [-0.15, -0.1) is 0 Å². The van der Waals surface area contributed by atoms with Crippen LogP contribution in [-0.2, 0) is 4.74 Å². The van der Waals surface area contributed by atoms with Crippen molar-refractivity contribution in [3.8, 4) is 22.7 Å². The molecule has 2 aromatic carbocycles. The van der Waals surface area contributed by atoms with Gasteiger partial charge in [-0.1, -0.05) is 6.07 Å². The van der Waals surface area contributed by atoms with Gasteiger partial charge in [0.05, 0.1) is 25.5 Å². The number of hydrogen-bond donors (Lipinski definition) is 3. The van der Waals surface area contributed by atoms with Crippen molar-refractivity contribution in [1.82, 2.24) is 14.9 Å². The third-order valence-electron chi connectivity index (χ3n) is 7.17. The minimum atomic E-state index is -1.32. The Bertz CT molecular complexity index is 1710. The lowest BCUT2D eigenvalue weighted by Crippen LogP contribution is -2.32. The molecule has 0 radical (unpaired) electrons. The van der Waals surface area contributed by atoms with Crippen LogP contribution in [0.2, 0.25) is 0 Å². The SMILES string of the molecule is CN/C=C(\C=N)c1ccc(-c2cc(=O)c(C(=O)O)cn2-c2ccc3nc(N4CCCC4COC)oc3c2)cc1OC. The maximum atomic E-state index is 12.8. The van der Waals surface area contributed by atoms with E-state index >= 15 is 0 Å². The molecule has 1 saturated heterocycles. The van der Waals surface area contributed by atoms with E-state index in [0.717, 1.165) is 19.4 Å². The van der Waals surface area contributed by atoms with E-state index in [2.05, 4.69) is 15.2 Å². The molecule has 1 fully saturated rings. The van der Waals surface area contributed by atoms with E-state index in [4.69, 9.17) is 19.3 Å². The predicted octanol–water partition coefficient (Wildman–Crippen LogP) is 4.18. The van der Waals surface area contributed by atoms with E-state index in [-0.39, 0.29) is 11.6 Å². The van der Waals surface area contributed by atoms with Crippen LogP contribution < -0.4 is 20.4 Å². The van der Waals surface area contributed by atoms with Gasteiger partial charge in [-0.3, -0.25) is 4.79 Å². The summed E-state index contributed by atoms with van der Waals surface area (Å²) >= 11 is 0. The molecule has 0 amide bonds. The molecule has 0 saturated carbocycles. The van der Waals surface area contributed by atoms with Crippen molar-refractivity contribution in [2.75, 3.05) is 39.3 Å². The number of allylic oxidation sites excluding steroid dienone is 1. The number of ether oxygens (including phenoxy) is 2. The Hall–Kier alpha value is -4.90. The van der Waals surface area contributed by atoms with Gasteiger partial charge in [-0.2, -0.15) is 4.98 Å². The molecule has 0 aliphatic carbocycles. The van der Waals surface area contributed by atoms with Crippen LogP contribution in [0.25, 0.3) is 33.6 Å². The van der Waals surface area contributed by atoms with Gasteiger partial charge in [0.25, 0.3) is 6.01 Å². The summed E-state index contributed by atoms with van der Waals surface area (Å²) in [6.07, 6.45) is 6.22. The summed E-state index contributed by atoms with van der Waals surface area (Å²) in [6.45, 7) is 1.40. The number of nitrogens with zero attached hydrogens (tertiary/aromatic N) is 3. The van der Waals surface area contributed by atoms with Gasteiger partial charge in [0.2, 0.25) is 0 Å². The topological polar surface area (TPSA) is 143 Å². The molecular formula is C30H31N5O6. The second-order valence-electron chi connectivity index (χ2n) is 9.65. The average molecular weight is 558 g/mol. The molecule has 3 heterocycles. The number of benzene rings is 2. The highest BCUT2D eigenvalue weighted by atomic mass is 16.5. The molecule has 11 nitrogen and oxygen atoms in total. The van der Waals surface area contributed by atoms with Gasteiger partial charge in [-0.25, -0.2) is 4.79 Å². The number of pyridine rings is 1. The largest absolute Gasteiger partial charge is 0.496 e. The number of carbonyl (C=O) groups is 1. The molecule has 0 spiro atoms. The highest BCUT2D eigenvalue weighted by Gasteiger charge is 2.28. The lowest BCUT2D eigenvalue weighted by molar-refractivity contribution is 0.0695. The number of hydrogen-bond acceptors (Lipinski definition) is 9. The zero-order valence-electron chi connectivity index (χ0n) is 23.0. The number of fused-ring (bicyclic) bond motifs is 1. The lowest BCUT2D eigenvalue weighted by atomic mass is 10.0. The smallest absolute Gasteiger partial charge is 0.341 e. The van der Waals surface area contributed by atoms with E-state index in [0.29, 0.717) is 57.6 Å². The number of anilines is 1. The molecule has 1 aliphatic heterocycles. The Morgan fingerprint density at radius 2 is 2.05 bits per heavy atom. The summed E-state index contributed by atoms with van der Waals surface area (Å²) in [6, 6.07) is 12.7. The number of nitrogens with one attached hydrogen (secondary N) is 2. The van der Waals surface area contributed by atoms with Gasteiger partial charge >= 0.3 is 5.97 Å². The number of carboxylic acid groups (broad SMARTS) is 1. The monoisotopic (exact) mass is 557 g/mol. The van der Waals surface area contributed by atoms with E-state index in [1.807, 2.05) is 6.07 Å². The van der Waals surface area contributed by atoms with Crippen molar-refractivity contribution in [1.29, 1.82) is 5.41 Å². The maximum absolute atomic E-state index is 12.8. The first-order valence-electron chi connectivity index (χ1n) is 13.1. The van der Waals surface area contributed by atoms with Crippen LogP contribution >= 0.6 is 0 Å². The van der Waals surface area contributed by atoms with Crippen LogP contribution in [0.5, 0.6) is 5.75 Å². The molecule has 41 heavy (non-hydrogen) atoms. The summed E-state index contributed by atoms with van der Waals surface area (Å²) in [5.41, 5.74) is 3.15. The molecule has 212 valence electrons. The van der Waals surface area contributed by atoms with Gasteiger partial charge in [0.1, 0.15) is 16.8 Å². The van der Waals surface area contributed by atoms with Crippen molar-refractivity contribution in [2.24, 2.45) is 0 Å². The normalized spacial score (nSPS) is 15.3. The second-order valence-corrected chi connectivity index (χ2v) is 9.65. The molecule has 0 bridgehead atoms. The molecule has 1 unspecified atom stereocenters. The first-order valence-corrected chi connectivity index (χ1v) is 13.1. The predicted molar refractivity (Wildman–Crippen MR) is 157 cm³/mol. The van der Waals surface area contributed by atoms with Crippen LogP contribution in [0.15, 0.2) is 64.1 Å². The Labute approximate surface area is 236 Å². The average Bonchev–Trinajstić information content (AvgIpc) is 3.62. The van der Waals surface area contributed by atoms with Crippen LogP contribution in [0, 0.1) is 5.41 Å². The van der Waals surface area contributed by atoms with Gasteiger partial charge in [-0.05, 0) is 37.1 Å². The number of methoxy groups -OCH3 is 2. The van der Waals surface area contributed by atoms with Crippen LogP contribution in [0.3, 0.4) is 0 Å². The van der Waals surface area contributed by atoms with Crippen molar-refractivity contribution < 1.29 is 23.8 Å². The summed E-state index contributed by atoms with van der Waals surface area (Å²) in [4.78, 5) is 31.5. The fourth-order valence-corrected chi connectivity index (χ4v) is 5.20. The molecular weight excluding hydrogens is 526 g/mol. The van der Waals surface area contributed by atoms with E-state index in [1.54, 1.807) is 55.3 Å². The minimum Gasteiger partial charge on any atom is -0.496 e. The number of aromatic carboxylic acids is 1. The fourth-order valence-electron chi connectivity index (χ4n) is 5.20. The zero-order chi connectivity index (χ0) is 29.1. The molecule has 1 aliphatic rings. The number of carboxylic acids is 1. The first-order chi connectivity index (χ1) is 19.9. The van der Waals surface area contributed by atoms with Crippen molar-refractivity contribution in [2.45, 2.75) is 18.9 Å². The first kappa shape index (κ1) is 27.7. The van der Waals surface area contributed by atoms with Gasteiger partial charge < -0.3 is 39.2 Å². The number of aromatic nitrogens is 2. The van der Waals surface area contributed by atoms with Crippen molar-refractivity contribution >= 4 is 34.9 Å². The third-order valence-corrected chi connectivity index (χ3v) is 7.17. The van der Waals surface area contributed by atoms with E-state index in [9.17, 15) is 14.7 Å². The summed E-state index contributed by atoms with van der Waals surface area (Å²) in [5, 5.41) is 20.4. The molecule has 2 aromatic heterocycles. The highest BCUT2D eigenvalue weighted by Crippen LogP contribution is 2.33. The van der Waals surface area contributed by atoms with Gasteiger partial charge in [0.15, 0.2) is 11.0 Å². The van der Waals surface area contributed by atoms with Crippen LogP contribution in [0.4, 0.5) is 6.01 Å². The quantitative estimate of drug-likeness (QED) is 0.245. The summed E-state index contributed by atoms with van der Waals surface area (Å²) in [5.74, 6) is -0.835. The van der Waals surface area contributed by atoms with E-state index < -0.39 is 11.4 Å². The van der Waals surface area contributed by atoms with Crippen LogP contribution in [0.1, 0.15) is 28.8 Å². The minimum absolute atomic E-state index is 0.185. The summed E-state index contributed by atoms with van der Waals surface area (Å²) < 4.78 is 18.8.